The van der Waals surface area contributed by atoms with Gasteiger partial charge in [-0.1, -0.05) is 11.3 Å². The molecule has 1 aromatic rings. The molecule has 1 atom stereocenters. The number of likely N-dealkylation sites (N-methyl/N-ethyl adjacent to an activating group) is 1. The van der Waals surface area contributed by atoms with Crippen molar-refractivity contribution < 1.29 is 9.90 Å². The second kappa shape index (κ2) is 5.11. The number of hydrogen-bond donors (Lipinski definition) is 3. The highest BCUT2D eigenvalue weighted by Gasteiger charge is 2.25. The number of rotatable bonds is 5. The third-order valence-corrected chi connectivity index (χ3v) is 3.63. The normalized spacial score (nSPS) is 16.4. The zero-order valence-electron chi connectivity index (χ0n) is 10.5. The van der Waals surface area contributed by atoms with Crippen molar-refractivity contribution in [2.45, 2.75) is 31.9 Å². The van der Waals surface area contributed by atoms with Gasteiger partial charge in [-0.2, -0.15) is 0 Å². The van der Waals surface area contributed by atoms with Crippen LogP contribution in [0.3, 0.4) is 0 Å². The summed E-state index contributed by atoms with van der Waals surface area (Å²) in [6.45, 7) is 1.92. The van der Waals surface area contributed by atoms with Gasteiger partial charge >= 0.3 is 0 Å². The molecule has 0 aromatic carbocycles. The van der Waals surface area contributed by atoms with Crippen molar-refractivity contribution in [3.63, 3.8) is 0 Å². The van der Waals surface area contributed by atoms with E-state index in [1.165, 1.54) is 16.2 Å². The fraction of sp³-hybridized carbons (Fsp3) is 0.636. The standard InChI is InChI=1S/C11H18N4O2S/c1-6(16)5-15(2)10(17)8-9(12)14-11(18-8)13-7-3-4-7/h6-7,16H,3-5,12H2,1-2H3,(H,13,14). The first-order valence-corrected chi connectivity index (χ1v) is 6.75. The van der Waals surface area contributed by atoms with E-state index in [0.29, 0.717) is 16.1 Å². The third kappa shape index (κ3) is 3.11. The number of aromatic nitrogens is 1. The molecular weight excluding hydrogens is 252 g/mol. The zero-order valence-corrected chi connectivity index (χ0v) is 11.3. The Bertz CT molecular complexity index is 442. The summed E-state index contributed by atoms with van der Waals surface area (Å²) < 4.78 is 0. The fourth-order valence-corrected chi connectivity index (χ4v) is 2.56. The molecule has 1 saturated carbocycles. The molecule has 6 nitrogen and oxygen atoms in total. The predicted octanol–water partition coefficient (Wildman–Crippen LogP) is 0.752. The van der Waals surface area contributed by atoms with Crippen LogP contribution < -0.4 is 11.1 Å². The molecule has 1 fully saturated rings. The van der Waals surface area contributed by atoms with Crippen LogP contribution >= 0.6 is 11.3 Å². The van der Waals surface area contributed by atoms with E-state index in [1.807, 2.05) is 0 Å². The number of aliphatic hydroxyl groups is 1. The number of amides is 1. The molecule has 1 aliphatic rings. The topological polar surface area (TPSA) is 91.5 Å². The first kappa shape index (κ1) is 13.1. The number of aliphatic hydroxyl groups excluding tert-OH is 1. The zero-order chi connectivity index (χ0) is 13.3. The van der Waals surface area contributed by atoms with Gasteiger partial charge in [-0.15, -0.1) is 0 Å². The SMILES string of the molecule is CC(O)CN(C)C(=O)c1sc(NC2CC2)nc1N. The highest BCUT2D eigenvalue weighted by atomic mass is 32.1. The molecule has 1 aromatic heterocycles. The number of carbonyl (C=O) groups is 1. The molecule has 100 valence electrons. The molecule has 0 radical (unpaired) electrons. The average Bonchev–Trinajstić information content (AvgIpc) is 3.00. The van der Waals surface area contributed by atoms with E-state index in [9.17, 15) is 9.90 Å². The lowest BCUT2D eigenvalue weighted by Gasteiger charge is -2.17. The monoisotopic (exact) mass is 270 g/mol. The van der Waals surface area contributed by atoms with Crippen molar-refractivity contribution in [2.24, 2.45) is 0 Å². The van der Waals surface area contributed by atoms with Gasteiger partial charge in [0.25, 0.3) is 5.91 Å². The van der Waals surface area contributed by atoms with Crippen LogP contribution in [-0.4, -0.2) is 46.6 Å². The lowest BCUT2D eigenvalue weighted by Crippen LogP contribution is -2.32. The van der Waals surface area contributed by atoms with Gasteiger partial charge in [0.05, 0.1) is 6.10 Å². The van der Waals surface area contributed by atoms with E-state index in [0.717, 1.165) is 12.8 Å². The minimum Gasteiger partial charge on any atom is -0.392 e. The third-order valence-electron chi connectivity index (χ3n) is 2.64. The van der Waals surface area contributed by atoms with E-state index >= 15 is 0 Å². The van der Waals surface area contributed by atoms with Gasteiger partial charge < -0.3 is 21.1 Å². The summed E-state index contributed by atoms with van der Waals surface area (Å²) in [7, 11) is 1.64. The van der Waals surface area contributed by atoms with Crippen LogP contribution in [0.15, 0.2) is 0 Å². The number of nitrogens with two attached hydrogens (primary N) is 1. The lowest BCUT2D eigenvalue weighted by molar-refractivity contribution is 0.0709. The summed E-state index contributed by atoms with van der Waals surface area (Å²) in [6.07, 6.45) is 1.73. The van der Waals surface area contributed by atoms with Crippen LogP contribution in [0.5, 0.6) is 0 Å². The Hall–Kier alpha value is -1.34. The summed E-state index contributed by atoms with van der Waals surface area (Å²) in [5.41, 5.74) is 5.76. The maximum Gasteiger partial charge on any atom is 0.267 e. The van der Waals surface area contributed by atoms with Gasteiger partial charge in [-0.3, -0.25) is 4.79 Å². The minimum absolute atomic E-state index is 0.199. The maximum atomic E-state index is 12.1. The van der Waals surface area contributed by atoms with E-state index < -0.39 is 6.10 Å². The Kier molecular flexibility index (Phi) is 3.72. The Labute approximate surface area is 110 Å². The smallest absolute Gasteiger partial charge is 0.267 e. The number of nitrogens with zero attached hydrogens (tertiary/aromatic N) is 2. The number of thiazole rings is 1. The molecule has 1 aliphatic carbocycles. The summed E-state index contributed by atoms with van der Waals surface area (Å²) in [5.74, 6) is 0.0559. The van der Waals surface area contributed by atoms with Crippen LogP contribution in [0.1, 0.15) is 29.4 Å². The van der Waals surface area contributed by atoms with Crippen molar-refractivity contribution in [2.75, 3.05) is 24.6 Å². The molecule has 7 heteroatoms. The van der Waals surface area contributed by atoms with Crippen LogP contribution in [0.25, 0.3) is 0 Å². The predicted molar refractivity (Wildman–Crippen MR) is 71.8 cm³/mol. The summed E-state index contributed by atoms with van der Waals surface area (Å²) in [6, 6.07) is 0.480. The van der Waals surface area contributed by atoms with Gasteiger partial charge in [0, 0.05) is 19.6 Å². The first-order chi connectivity index (χ1) is 8.47. The first-order valence-electron chi connectivity index (χ1n) is 5.93. The number of carbonyl (C=O) groups excluding carboxylic acids is 1. The Balaban J connectivity index is 2.06. The molecule has 1 unspecified atom stereocenters. The van der Waals surface area contributed by atoms with Crippen molar-refractivity contribution in [1.82, 2.24) is 9.88 Å². The largest absolute Gasteiger partial charge is 0.392 e. The minimum atomic E-state index is -0.558. The van der Waals surface area contributed by atoms with Gasteiger partial charge in [-0.05, 0) is 19.8 Å². The Morgan fingerprint density at radius 3 is 2.94 bits per heavy atom. The van der Waals surface area contributed by atoms with Crippen molar-refractivity contribution >= 4 is 28.2 Å². The fourth-order valence-electron chi connectivity index (χ4n) is 1.60. The summed E-state index contributed by atoms with van der Waals surface area (Å²) >= 11 is 1.27. The van der Waals surface area contributed by atoms with Gasteiger partial charge in [0.1, 0.15) is 10.7 Å². The molecule has 2 rings (SSSR count). The highest BCUT2D eigenvalue weighted by Crippen LogP contribution is 2.31. The molecule has 0 spiro atoms. The molecule has 4 N–H and O–H groups in total. The van der Waals surface area contributed by atoms with Crippen LogP contribution in [0.2, 0.25) is 0 Å². The average molecular weight is 270 g/mol. The van der Waals surface area contributed by atoms with Gasteiger partial charge in [-0.25, -0.2) is 4.98 Å². The van der Waals surface area contributed by atoms with E-state index in [-0.39, 0.29) is 18.3 Å². The number of nitrogen functional groups attached to an aromatic ring is 1. The van der Waals surface area contributed by atoms with Crippen LogP contribution in [0, 0.1) is 0 Å². The number of anilines is 2. The van der Waals surface area contributed by atoms with E-state index in [2.05, 4.69) is 10.3 Å². The second-order valence-corrected chi connectivity index (χ2v) is 5.69. The van der Waals surface area contributed by atoms with E-state index in [1.54, 1.807) is 14.0 Å². The van der Waals surface area contributed by atoms with Crippen molar-refractivity contribution in [3.8, 4) is 0 Å². The summed E-state index contributed by atoms with van der Waals surface area (Å²) in [5, 5.41) is 13.2. The number of nitrogens with one attached hydrogen (secondary N) is 1. The molecule has 0 saturated heterocycles. The summed E-state index contributed by atoms with van der Waals surface area (Å²) in [4.78, 5) is 18.1. The number of hydrogen-bond acceptors (Lipinski definition) is 6. The highest BCUT2D eigenvalue weighted by molar-refractivity contribution is 7.18. The van der Waals surface area contributed by atoms with Gasteiger partial charge in [0.2, 0.25) is 0 Å². The quantitative estimate of drug-likeness (QED) is 0.734. The van der Waals surface area contributed by atoms with Crippen LogP contribution in [0.4, 0.5) is 10.9 Å². The lowest BCUT2D eigenvalue weighted by atomic mass is 10.3. The maximum absolute atomic E-state index is 12.1. The van der Waals surface area contributed by atoms with E-state index in [4.69, 9.17) is 5.73 Å². The molecule has 0 aliphatic heterocycles. The molecule has 18 heavy (non-hydrogen) atoms. The molecular formula is C11H18N4O2S. The van der Waals surface area contributed by atoms with Crippen LogP contribution in [-0.2, 0) is 0 Å². The molecule has 1 heterocycles. The molecule has 1 amide bonds. The van der Waals surface area contributed by atoms with Crippen molar-refractivity contribution in [3.05, 3.63) is 4.88 Å². The van der Waals surface area contributed by atoms with Gasteiger partial charge in [0.15, 0.2) is 5.13 Å². The Morgan fingerprint density at radius 1 is 1.72 bits per heavy atom. The Morgan fingerprint density at radius 2 is 2.39 bits per heavy atom. The molecule has 0 bridgehead atoms. The second-order valence-electron chi connectivity index (χ2n) is 4.69. The van der Waals surface area contributed by atoms with Crippen molar-refractivity contribution in [1.29, 1.82) is 0 Å².